The third-order valence-electron chi connectivity index (χ3n) is 8.11. The van der Waals surface area contributed by atoms with Crippen molar-refractivity contribution in [1.29, 1.82) is 0 Å². The van der Waals surface area contributed by atoms with Gasteiger partial charge < -0.3 is 19.5 Å². The second kappa shape index (κ2) is 15.6. The van der Waals surface area contributed by atoms with Crippen molar-refractivity contribution in [2.75, 3.05) is 18.5 Å². The molecule has 2 fully saturated rings. The van der Waals surface area contributed by atoms with Crippen LogP contribution in [0.3, 0.4) is 0 Å². The van der Waals surface area contributed by atoms with E-state index in [9.17, 15) is 49.1 Å². The third kappa shape index (κ3) is 10.8. The number of benzene rings is 2. The molecule has 7 nitrogen and oxygen atoms in total. The fourth-order valence-corrected chi connectivity index (χ4v) is 5.84. The minimum Gasteiger partial charge on any atom is -0.481 e. The molecule has 0 radical (unpaired) electrons. The highest BCUT2D eigenvalue weighted by Gasteiger charge is 2.43. The maximum atomic E-state index is 13.3. The Morgan fingerprint density at radius 3 is 2.04 bits per heavy atom. The molecular formula is C32H37F9N2O5. The molecule has 1 saturated carbocycles. The van der Waals surface area contributed by atoms with Crippen molar-refractivity contribution in [2.45, 2.75) is 96.2 Å². The number of halogens is 9. The summed E-state index contributed by atoms with van der Waals surface area (Å²) in [6, 6.07) is 3.37. The van der Waals surface area contributed by atoms with Crippen LogP contribution in [0, 0.1) is 5.92 Å². The highest BCUT2D eigenvalue weighted by Crippen LogP contribution is 2.42. The lowest BCUT2D eigenvalue weighted by atomic mass is 9.87. The average molecular weight is 701 g/mol. The van der Waals surface area contributed by atoms with Crippen LogP contribution in [0.1, 0.15) is 87.2 Å². The van der Waals surface area contributed by atoms with Gasteiger partial charge in [-0.05, 0) is 79.6 Å². The summed E-state index contributed by atoms with van der Waals surface area (Å²) in [6.07, 6.45) is -10.6. The summed E-state index contributed by atoms with van der Waals surface area (Å²) < 4.78 is 127. The Hall–Kier alpha value is -3.85. The zero-order valence-corrected chi connectivity index (χ0v) is 26.4. The van der Waals surface area contributed by atoms with Crippen LogP contribution in [-0.2, 0) is 28.4 Å². The van der Waals surface area contributed by atoms with Crippen LogP contribution in [0.4, 0.5) is 50.0 Å². The van der Waals surface area contributed by atoms with Gasteiger partial charge in [-0.1, -0.05) is 26.2 Å². The Labute approximate surface area is 271 Å². The smallest absolute Gasteiger partial charge is 0.481 e. The molecule has 0 aromatic heterocycles. The van der Waals surface area contributed by atoms with E-state index in [-0.39, 0.29) is 18.2 Å². The van der Waals surface area contributed by atoms with E-state index in [4.69, 9.17) is 9.84 Å². The predicted octanol–water partition coefficient (Wildman–Crippen LogP) is 9.59. The molecule has 2 aromatic carbocycles. The predicted molar refractivity (Wildman–Crippen MR) is 156 cm³/mol. The van der Waals surface area contributed by atoms with Crippen molar-refractivity contribution < 1.29 is 63.7 Å². The molecule has 2 atom stereocenters. The molecule has 2 aliphatic rings. The molecule has 2 unspecified atom stereocenters. The number of hydrogen-bond acceptors (Lipinski definition) is 5. The Morgan fingerprint density at radius 1 is 0.958 bits per heavy atom. The van der Waals surface area contributed by atoms with Gasteiger partial charge in [0.15, 0.2) is 0 Å². The number of carboxylic acids is 1. The Balaban J connectivity index is 0.000000533. The fourth-order valence-electron chi connectivity index (χ4n) is 5.84. The summed E-state index contributed by atoms with van der Waals surface area (Å²) in [4.78, 5) is 25.7. The zero-order valence-electron chi connectivity index (χ0n) is 26.4. The maximum absolute atomic E-state index is 13.3. The van der Waals surface area contributed by atoms with Crippen LogP contribution in [-0.4, -0.2) is 48.1 Å². The van der Waals surface area contributed by atoms with E-state index in [1.807, 2.05) is 6.92 Å². The number of ether oxygens (including phenoxy) is 2. The highest BCUT2D eigenvalue weighted by molar-refractivity contribution is 5.72. The van der Waals surface area contributed by atoms with Crippen molar-refractivity contribution in [3.63, 3.8) is 0 Å². The Kier molecular flexibility index (Phi) is 12.5. The first-order valence-corrected chi connectivity index (χ1v) is 15.3. The summed E-state index contributed by atoms with van der Waals surface area (Å²) in [5.41, 5.74) is -3.00. The van der Waals surface area contributed by atoms with Gasteiger partial charge in [0.1, 0.15) is 11.9 Å². The second-order valence-electron chi connectivity index (χ2n) is 11.9. The van der Waals surface area contributed by atoms with Gasteiger partial charge in [0, 0.05) is 25.7 Å². The highest BCUT2D eigenvalue weighted by atomic mass is 19.4. The number of nitrogens with zero attached hydrogens (tertiary/aromatic N) is 2. The Bertz CT molecular complexity index is 1370. The lowest BCUT2D eigenvalue weighted by molar-refractivity contribution is -0.274. The molecule has 1 N–H and O–H groups in total. The summed E-state index contributed by atoms with van der Waals surface area (Å²) in [5, 5.41) is 8.47. The molecule has 48 heavy (non-hydrogen) atoms. The fraction of sp³-hybridized carbons (Fsp3) is 0.562. The number of carbonyl (C=O) groups is 2. The van der Waals surface area contributed by atoms with Gasteiger partial charge >= 0.3 is 30.8 Å². The van der Waals surface area contributed by atoms with Crippen molar-refractivity contribution >= 4 is 17.7 Å². The van der Waals surface area contributed by atoms with Crippen LogP contribution in [0.25, 0.3) is 0 Å². The number of aliphatic carboxylic acids is 1. The first kappa shape index (κ1) is 38.6. The van der Waals surface area contributed by atoms with Crippen LogP contribution in [0.5, 0.6) is 5.75 Å². The molecular weight excluding hydrogens is 663 g/mol. The molecule has 1 amide bonds. The summed E-state index contributed by atoms with van der Waals surface area (Å²) in [6.45, 7) is 3.38. The standard InChI is InChI=1S/C24H23F9N2O3.C8H14O2/c1-4-7-34(3)19-6-5-18(38-24(31,32)33)10-15(19)12-35-13(2)20(37-21(35)36)14-8-16(22(25,26)27)11-17(9-14)23(28,29)30;9-8(10)6-7-4-2-1-3-5-7/h5-6,8-11,13,20H,4,7,12H2,1-3H3;7H,1-6H2,(H,9,10). The molecule has 2 aromatic rings. The quantitative estimate of drug-likeness (QED) is 0.263. The molecule has 1 saturated heterocycles. The minimum atomic E-state index is -5.10. The van der Waals surface area contributed by atoms with Gasteiger partial charge in [0.05, 0.1) is 23.7 Å². The summed E-state index contributed by atoms with van der Waals surface area (Å²) in [5.74, 6) is -0.719. The minimum absolute atomic E-state index is 0.0370. The SMILES string of the molecule is CCCN(C)c1ccc(OC(F)(F)F)cc1CN1C(=O)OC(c2cc(C(F)(F)F)cc(C(F)(F)F)c2)C1C.O=C(O)CC1CCCCC1. The molecule has 268 valence electrons. The normalized spacial score (nSPS) is 19.0. The molecule has 1 heterocycles. The van der Waals surface area contributed by atoms with E-state index in [0.717, 1.165) is 29.9 Å². The van der Waals surface area contributed by atoms with Crippen molar-refractivity contribution in [3.8, 4) is 5.75 Å². The van der Waals surface area contributed by atoms with Crippen molar-refractivity contribution in [2.24, 2.45) is 5.92 Å². The number of amides is 1. The number of rotatable bonds is 9. The first-order valence-electron chi connectivity index (χ1n) is 15.3. The van der Waals surface area contributed by atoms with Gasteiger partial charge in [-0.15, -0.1) is 13.2 Å². The number of carboxylic acid groups (broad SMARTS) is 1. The first-order chi connectivity index (χ1) is 22.2. The average Bonchev–Trinajstić information content (AvgIpc) is 3.24. The van der Waals surface area contributed by atoms with Crippen molar-refractivity contribution in [3.05, 3.63) is 58.7 Å². The number of carbonyl (C=O) groups excluding carboxylic acids is 1. The molecule has 4 rings (SSSR count). The molecule has 1 aliphatic carbocycles. The van der Waals surface area contributed by atoms with Gasteiger partial charge in [0.2, 0.25) is 0 Å². The van der Waals surface area contributed by atoms with Crippen molar-refractivity contribution in [1.82, 2.24) is 4.90 Å². The van der Waals surface area contributed by atoms with Crippen LogP contribution >= 0.6 is 0 Å². The third-order valence-corrected chi connectivity index (χ3v) is 8.11. The van der Waals surface area contributed by atoms with E-state index in [2.05, 4.69) is 4.74 Å². The van der Waals surface area contributed by atoms with Gasteiger partial charge in [-0.25, -0.2) is 4.79 Å². The second-order valence-corrected chi connectivity index (χ2v) is 11.9. The van der Waals surface area contributed by atoms with Gasteiger partial charge in [0.25, 0.3) is 0 Å². The van der Waals surface area contributed by atoms with Crippen LogP contribution in [0.2, 0.25) is 0 Å². The molecule has 0 bridgehead atoms. The van der Waals surface area contributed by atoms with E-state index in [0.29, 0.717) is 43.1 Å². The number of cyclic esters (lactones) is 1. The Morgan fingerprint density at radius 2 is 1.54 bits per heavy atom. The van der Waals surface area contributed by atoms with Crippen LogP contribution in [0.15, 0.2) is 36.4 Å². The molecule has 1 aliphatic heterocycles. The monoisotopic (exact) mass is 700 g/mol. The van der Waals surface area contributed by atoms with E-state index in [1.54, 1.807) is 11.9 Å². The van der Waals surface area contributed by atoms with Crippen LogP contribution < -0.4 is 9.64 Å². The number of hydrogen-bond donors (Lipinski definition) is 1. The maximum Gasteiger partial charge on any atom is 0.573 e. The topological polar surface area (TPSA) is 79.3 Å². The summed E-state index contributed by atoms with van der Waals surface area (Å²) in [7, 11) is 1.67. The number of anilines is 1. The van der Waals surface area contributed by atoms with Gasteiger partial charge in [-0.2, -0.15) is 26.3 Å². The summed E-state index contributed by atoms with van der Waals surface area (Å²) >= 11 is 0. The number of alkyl halides is 9. The van der Waals surface area contributed by atoms with Gasteiger partial charge in [-0.3, -0.25) is 9.69 Å². The largest absolute Gasteiger partial charge is 0.573 e. The lowest BCUT2D eigenvalue weighted by Gasteiger charge is -2.27. The lowest BCUT2D eigenvalue weighted by Crippen LogP contribution is -2.32. The molecule has 16 heteroatoms. The zero-order chi connectivity index (χ0) is 36.0. The van der Waals surface area contributed by atoms with E-state index in [1.165, 1.54) is 32.3 Å². The van der Waals surface area contributed by atoms with E-state index < -0.39 is 65.4 Å². The van der Waals surface area contributed by atoms with E-state index >= 15 is 0 Å². The molecule has 0 spiro atoms.